The van der Waals surface area contributed by atoms with Gasteiger partial charge in [0.05, 0.1) is 5.75 Å². The number of amides is 2. The van der Waals surface area contributed by atoms with Crippen LogP contribution in [0.5, 0.6) is 0 Å². The average molecular weight is 477 g/mol. The van der Waals surface area contributed by atoms with E-state index in [1.165, 1.54) is 23.9 Å². The average Bonchev–Trinajstić information content (AvgIpc) is 3.29. The number of nitrogens with one attached hydrogen (secondary N) is 1. The van der Waals surface area contributed by atoms with Gasteiger partial charge in [-0.1, -0.05) is 55.6 Å². The van der Waals surface area contributed by atoms with Crippen molar-refractivity contribution in [3.8, 4) is 0 Å². The molecule has 4 nitrogen and oxygen atoms in total. The topological polar surface area (TPSA) is 49.4 Å². The molecule has 1 aliphatic rings. The predicted octanol–water partition coefficient (Wildman–Crippen LogP) is 5.58. The fourth-order valence-electron chi connectivity index (χ4n) is 3.99. The second-order valence-electron chi connectivity index (χ2n) is 8.18. The van der Waals surface area contributed by atoms with Crippen molar-refractivity contribution in [1.29, 1.82) is 0 Å². The lowest BCUT2D eigenvalue weighted by Gasteiger charge is -2.31. The maximum absolute atomic E-state index is 13.4. The van der Waals surface area contributed by atoms with E-state index in [2.05, 4.69) is 5.32 Å². The number of carbonyl (C=O) groups is 2. The van der Waals surface area contributed by atoms with Crippen molar-refractivity contribution in [1.82, 2.24) is 10.2 Å². The van der Waals surface area contributed by atoms with Crippen LogP contribution < -0.4 is 5.32 Å². The first kappa shape index (κ1) is 24.6. The Balaban J connectivity index is 1.68. The number of thioether (sulfide) groups is 1. The molecule has 0 spiro atoms. The fourth-order valence-corrected chi connectivity index (χ4v) is 4.99. The number of benzene rings is 2. The quantitative estimate of drug-likeness (QED) is 0.487. The Labute approximate surface area is 198 Å². The zero-order valence-electron chi connectivity index (χ0n) is 18.4. The van der Waals surface area contributed by atoms with Crippen molar-refractivity contribution in [3.05, 3.63) is 70.5 Å². The van der Waals surface area contributed by atoms with E-state index in [9.17, 15) is 14.0 Å². The highest BCUT2D eigenvalue weighted by atomic mass is 35.5. The van der Waals surface area contributed by atoms with E-state index in [4.69, 9.17) is 11.6 Å². The van der Waals surface area contributed by atoms with E-state index >= 15 is 0 Å². The summed E-state index contributed by atoms with van der Waals surface area (Å²) in [6.45, 7) is 2.20. The van der Waals surface area contributed by atoms with Gasteiger partial charge in [-0.15, -0.1) is 11.8 Å². The Morgan fingerprint density at radius 2 is 1.72 bits per heavy atom. The van der Waals surface area contributed by atoms with Crippen LogP contribution in [0.1, 0.15) is 50.2 Å². The maximum Gasteiger partial charge on any atom is 0.243 e. The maximum atomic E-state index is 13.4. The van der Waals surface area contributed by atoms with E-state index in [1.54, 1.807) is 17.0 Å². The summed E-state index contributed by atoms with van der Waals surface area (Å²) in [5, 5.41) is 3.82. The van der Waals surface area contributed by atoms with Crippen molar-refractivity contribution in [2.75, 3.05) is 5.75 Å². The molecule has 2 aromatic carbocycles. The summed E-state index contributed by atoms with van der Waals surface area (Å²) in [6.07, 6.45) is 4.76. The summed E-state index contributed by atoms with van der Waals surface area (Å²) in [6, 6.07) is 13.3. The molecule has 1 atom stereocenters. The Morgan fingerprint density at radius 1 is 1.09 bits per heavy atom. The monoisotopic (exact) mass is 476 g/mol. The molecule has 172 valence electrons. The minimum Gasteiger partial charge on any atom is -0.352 e. The van der Waals surface area contributed by atoms with Crippen LogP contribution in [0.2, 0.25) is 5.02 Å². The van der Waals surface area contributed by atoms with E-state index in [1.807, 2.05) is 31.2 Å². The summed E-state index contributed by atoms with van der Waals surface area (Å²) in [5.74, 6) is 0.422. The highest BCUT2D eigenvalue weighted by Gasteiger charge is 2.30. The summed E-state index contributed by atoms with van der Waals surface area (Å²) in [4.78, 5) is 27.9. The normalized spacial score (nSPS) is 14.8. The predicted molar refractivity (Wildman–Crippen MR) is 129 cm³/mol. The molecule has 2 aromatic rings. The van der Waals surface area contributed by atoms with Crippen LogP contribution in [0.4, 0.5) is 4.39 Å². The molecule has 0 saturated heterocycles. The zero-order valence-corrected chi connectivity index (χ0v) is 19.9. The minimum absolute atomic E-state index is 0.0956. The first-order chi connectivity index (χ1) is 15.5. The number of hydrogen-bond donors (Lipinski definition) is 1. The van der Waals surface area contributed by atoms with Crippen molar-refractivity contribution in [2.24, 2.45) is 0 Å². The first-order valence-electron chi connectivity index (χ1n) is 11.1. The summed E-state index contributed by atoms with van der Waals surface area (Å²) < 4.78 is 13.4. The van der Waals surface area contributed by atoms with Crippen molar-refractivity contribution in [2.45, 2.75) is 63.4 Å². The molecule has 0 aromatic heterocycles. The van der Waals surface area contributed by atoms with E-state index in [0.29, 0.717) is 17.2 Å². The second-order valence-corrected chi connectivity index (χ2v) is 9.60. The molecule has 7 heteroatoms. The summed E-state index contributed by atoms with van der Waals surface area (Å²) in [5.41, 5.74) is 1.89. The largest absolute Gasteiger partial charge is 0.352 e. The van der Waals surface area contributed by atoms with Gasteiger partial charge in [-0.3, -0.25) is 9.59 Å². The molecule has 0 bridgehead atoms. The summed E-state index contributed by atoms with van der Waals surface area (Å²) >= 11 is 7.44. The number of rotatable bonds is 10. The number of halogens is 2. The van der Waals surface area contributed by atoms with Crippen LogP contribution in [0.3, 0.4) is 0 Å². The fraction of sp³-hybridized carbons (Fsp3) is 0.440. The zero-order chi connectivity index (χ0) is 22.9. The van der Waals surface area contributed by atoms with Gasteiger partial charge in [-0.25, -0.2) is 4.39 Å². The molecule has 1 aliphatic carbocycles. The molecule has 3 rings (SSSR count). The molecule has 1 saturated carbocycles. The molecule has 1 N–H and O–H groups in total. The number of hydrogen-bond acceptors (Lipinski definition) is 3. The van der Waals surface area contributed by atoms with Gasteiger partial charge >= 0.3 is 0 Å². The lowest BCUT2D eigenvalue weighted by Crippen LogP contribution is -2.51. The molecule has 1 fully saturated rings. The van der Waals surface area contributed by atoms with E-state index in [-0.39, 0.29) is 36.0 Å². The van der Waals surface area contributed by atoms with Crippen molar-refractivity contribution < 1.29 is 14.0 Å². The number of carbonyl (C=O) groups excluding carboxylic acids is 2. The van der Waals surface area contributed by atoms with Gasteiger partial charge < -0.3 is 10.2 Å². The van der Waals surface area contributed by atoms with E-state index in [0.717, 1.165) is 36.8 Å². The van der Waals surface area contributed by atoms with Crippen molar-refractivity contribution in [3.63, 3.8) is 0 Å². The molecular weight excluding hydrogens is 447 g/mol. The minimum atomic E-state index is -0.552. The van der Waals surface area contributed by atoms with Gasteiger partial charge in [-0.2, -0.15) is 0 Å². The second kappa shape index (κ2) is 12.3. The highest BCUT2D eigenvalue weighted by Crippen LogP contribution is 2.21. The molecule has 2 amide bonds. The SMILES string of the molecule is CC[C@@H](C(=O)NC1CCCC1)N(Cc1ccc(F)cc1)C(=O)CSCc1ccc(Cl)cc1. The Hall–Kier alpha value is -2.05. The third kappa shape index (κ3) is 7.24. The molecule has 0 heterocycles. The molecule has 32 heavy (non-hydrogen) atoms. The first-order valence-corrected chi connectivity index (χ1v) is 12.7. The molecular formula is C25H30ClFN2O2S. The highest BCUT2D eigenvalue weighted by molar-refractivity contribution is 7.99. The van der Waals surface area contributed by atoms with Gasteiger partial charge in [0.2, 0.25) is 11.8 Å². The van der Waals surface area contributed by atoms with Crippen molar-refractivity contribution >= 4 is 35.2 Å². The van der Waals surface area contributed by atoms with Gasteiger partial charge in [0.1, 0.15) is 11.9 Å². The Bertz CT molecular complexity index is 886. The lowest BCUT2D eigenvalue weighted by atomic mass is 10.1. The smallest absolute Gasteiger partial charge is 0.243 e. The Morgan fingerprint density at radius 3 is 2.34 bits per heavy atom. The molecule has 0 radical (unpaired) electrons. The van der Waals surface area contributed by atoms with Gasteiger partial charge in [-0.05, 0) is 54.7 Å². The summed E-state index contributed by atoms with van der Waals surface area (Å²) in [7, 11) is 0. The van der Waals surface area contributed by atoms with Crippen LogP contribution in [0.25, 0.3) is 0 Å². The van der Waals surface area contributed by atoms with Crippen LogP contribution in [-0.4, -0.2) is 34.6 Å². The van der Waals surface area contributed by atoms with Crippen LogP contribution in [-0.2, 0) is 21.9 Å². The standard InChI is InChI=1S/C25H30ClFN2O2S/c1-2-23(25(31)28-22-5-3-4-6-22)29(15-18-9-13-21(27)14-10-18)24(30)17-32-16-19-7-11-20(26)12-8-19/h7-14,22-23H,2-6,15-17H2,1H3,(H,28,31)/t23-/m0/s1. The van der Waals surface area contributed by atoms with Gasteiger partial charge in [0, 0.05) is 23.4 Å². The lowest BCUT2D eigenvalue weighted by molar-refractivity contribution is -0.139. The number of nitrogens with zero attached hydrogens (tertiary/aromatic N) is 1. The molecule has 0 aliphatic heterocycles. The van der Waals surface area contributed by atoms with E-state index < -0.39 is 6.04 Å². The van der Waals surface area contributed by atoms with Crippen LogP contribution >= 0.6 is 23.4 Å². The van der Waals surface area contributed by atoms with Crippen LogP contribution in [0, 0.1) is 5.82 Å². The Kier molecular flexibility index (Phi) is 9.42. The van der Waals surface area contributed by atoms with Gasteiger partial charge in [0.25, 0.3) is 0 Å². The third-order valence-electron chi connectivity index (χ3n) is 5.76. The molecule has 0 unspecified atom stereocenters. The van der Waals surface area contributed by atoms with Gasteiger partial charge in [0.15, 0.2) is 0 Å². The third-order valence-corrected chi connectivity index (χ3v) is 7.00. The van der Waals surface area contributed by atoms with Crippen LogP contribution in [0.15, 0.2) is 48.5 Å².